The highest BCUT2D eigenvalue weighted by atomic mass is 16.4. The lowest BCUT2D eigenvalue weighted by Crippen LogP contribution is -2.20. The molecule has 158 valence electrons. The molecule has 8 nitrogen and oxygen atoms in total. The van der Waals surface area contributed by atoms with Crippen molar-refractivity contribution >= 4 is 12.4 Å². The summed E-state index contributed by atoms with van der Waals surface area (Å²) in [5.74, 6) is 2.26. The molecule has 0 saturated carbocycles. The van der Waals surface area contributed by atoms with Crippen molar-refractivity contribution in [2.24, 2.45) is 13.0 Å². The van der Waals surface area contributed by atoms with E-state index in [0.29, 0.717) is 17.2 Å². The Bertz CT molecular complexity index is 994. The second kappa shape index (κ2) is 9.89. The fraction of sp³-hybridized carbons (Fsp3) is 0.318. The molecule has 4 rings (SSSR count). The van der Waals surface area contributed by atoms with E-state index in [0.717, 1.165) is 44.1 Å². The van der Waals surface area contributed by atoms with E-state index < -0.39 is 5.97 Å². The number of likely N-dealkylation sites (tertiary alicyclic amines) is 1. The van der Waals surface area contributed by atoms with Gasteiger partial charge in [0.15, 0.2) is 0 Å². The number of carboxylic acid groups (broad SMARTS) is 2. The van der Waals surface area contributed by atoms with Gasteiger partial charge in [0.25, 0.3) is 6.47 Å². The Hall–Kier alpha value is -3.39. The highest BCUT2D eigenvalue weighted by Gasteiger charge is 2.25. The van der Waals surface area contributed by atoms with Crippen molar-refractivity contribution in [1.29, 1.82) is 0 Å². The summed E-state index contributed by atoms with van der Waals surface area (Å²) in [6.07, 6.45) is 5.99. The number of aromatic nitrogens is 2. The average Bonchev–Trinajstić information content (AvgIpc) is 3.46. The van der Waals surface area contributed by atoms with E-state index in [-0.39, 0.29) is 12.0 Å². The van der Waals surface area contributed by atoms with Gasteiger partial charge < -0.3 is 19.2 Å². The highest BCUT2D eigenvalue weighted by Crippen LogP contribution is 2.28. The molecule has 0 radical (unpaired) electrons. The van der Waals surface area contributed by atoms with E-state index in [2.05, 4.69) is 14.5 Å². The van der Waals surface area contributed by atoms with Crippen molar-refractivity contribution in [1.82, 2.24) is 14.5 Å². The molecule has 0 spiro atoms. The van der Waals surface area contributed by atoms with Gasteiger partial charge in [-0.05, 0) is 37.1 Å². The van der Waals surface area contributed by atoms with Gasteiger partial charge in [-0.2, -0.15) is 0 Å². The van der Waals surface area contributed by atoms with E-state index in [4.69, 9.17) is 14.3 Å². The molecule has 0 bridgehead atoms. The third-order valence-electron chi connectivity index (χ3n) is 5.23. The molecule has 0 aliphatic carbocycles. The van der Waals surface area contributed by atoms with Gasteiger partial charge in [0.05, 0.1) is 12.1 Å². The molecule has 8 heteroatoms. The molecule has 2 N–H and O–H groups in total. The van der Waals surface area contributed by atoms with E-state index >= 15 is 0 Å². The first kappa shape index (κ1) is 21.3. The fourth-order valence-corrected chi connectivity index (χ4v) is 3.79. The topological polar surface area (TPSA) is 109 Å². The van der Waals surface area contributed by atoms with Gasteiger partial charge in [0.2, 0.25) is 0 Å². The lowest BCUT2D eigenvalue weighted by atomic mass is 10.0. The third-order valence-corrected chi connectivity index (χ3v) is 5.23. The average molecular weight is 411 g/mol. The van der Waals surface area contributed by atoms with Crippen molar-refractivity contribution in [2.45, 2.75) is 19.4 Å². The monoisotopic (exact) mass is 411 g/mol. The Balaban J connectivity index is 0.000000806. The zero-order valence-electron chi connectivity index (χ0n) is 16.8. The Morgan fingerprint density at radius 2 is 2.07 bits per heavy atom. The van der Waals surface area contributed by atoms with Gasteiger partial charge >= 0.3 is 5.97 Å². The Morgan fingerprint density at radius 1 is 1.30 bits per heavy atom. The number of carbonyl (C=O) groups is 2. The molecule has 1 aromatic carbocycles. The first-order chi connectivity index (χ1) is 14.5. The molecule has 1 aliphatic heterocycles. The minimum atomic E-state index is -0.944. The minimum absolute atomic E-state index is 0.250. The van der Waals surface area contributed by atoms with E-state index in [1.54, 1.807) is 18.2 Å². The third kappa shape index (κ3) is 5.15. The highest BCUT2D eigenvalue weighted by molar-refractivity contribution is 5.95. The molecule has 1 fully saturated rings. The first-order valence-electron chi connectivity index (χ1n) is 9.69. The number of benzene rings is 1. The van der Waals surface area contributed by atoms with Crippen LogP contribution >= 0.6 is 0 Å². The predicted octanol–water partition coefficient (Wildman–Crippen LogP) is 3.14. The van der Waals surface area contributed by atoms with Gasteiger partial charge in [0, 0.05) is 38.0 Å². The molecular formula is C22H25N3O5. The maximum Gasteiger partial charge on any atom is 0.336 e. The van der Waals surface area contributed by atoms with Gasteiger partial charge in [-0.1, -0.05) is 18.2 Å². The van der Waals surface area contributed by atoms with E-state index in [1.807, 2.05) is 37.6 Å². The Morgan fingerprint density at radius 3 is 2.77 bits per heavy atom. The summed E-state index contributed by atoms with van der Waals surface area (Å²) in [5.41, 5.74) is 0.875. The van der Waals surface area contributed by atoms with Crippen LogP contribution in [0.2, 0.25) is 0 Å². The molecule has 3 aromatic rings. The van der Waals surface area contributed by atoms with Crippen LogP contribution in [-0.2, 0) is 24.8 Å². The van der Waals surface area contributed by atoms with Crippen molar-refractivity contribution in [3.8, 4) is 11.3 Å². The zero-order chi connectivity index (χ0) is 21.5. The summed E-state index contributed by atoms with van der Waals surface area (Å²) >= 11 is 0. The number of carboxylic acids is 1. The zero-order valence-corrected chi connectivity index (χ0v) is 16.8. The molecule has 1 unspecified atom stereocenters. The Labute approximate surface area is 174 Å². The number of imidazole rings is 1. The fourth-order valence-electron chi connectivity index (χ4n) is 3.79. The molecule has 30 heavy (non-hydrogen) atoms. The standard InChI is InChI=1S/C21H23N3O3.CH2O2/c1-23-11-9-22-20(23)12-15-8-10-24(13-15)14-16-6-7-19(27-16)17-4-2-3-5-18(17)21(25)26;2-1-3/h2-7,9,11,15H,8,10,12-14H2,1H3,(H,25,26);1H,(H,2,3). The van der Waals surface area contributed by atoms with Crippen LogP contribution in [0.1, 0.15) is 28.4 Å². The molecule has 3 heterocycles. The number of hydrogen-bond donors (Lipinski definition) is 2. The molecule has 2 aromatic heterocycles. The number of aryl methyl sites for hydroxylation is 1. The van der Waals surface area contributed by atoms with Crippen molar-refractivity contribution in [3.05, 3.63) is 65.9 Å². The van der Waals surface area contributed by atoms with E-state index in [9.17, 15) is 9.90 Å². The van der Waals surface area contributed by atoms with Crippen LogP contribution < -0.4 is 0 Å². The SMILES string of the molecule is Cn1ccnc1CC1CCN(Cc2ccc(-c3ccccc3C(=O)O)o2)C1.O=CO. The quantitative estimate of drug-likeness (QED) is 0.600. The van der Waals surface area contributed by atoms with Gasteiger partial charge in [-0.3, -0.25) is 9.69 Å². The van der Waals surface area contributed by atoms with Crippen LogP contribution in [-0.4, -0.2) is 50.2 Å². The maximum atomic E-state index is 11.4. The first-order valence-corrected chi connectivity index (χ1v) is 9.69. The summed E-state index contributed by atoms with van der Waals surface area (Å²) in [4.78, 5) is 26.6. The smallest absolute Gasteiger partial charge is 0.336 e. The molecule has 1 aliphatic rings. The van der Waals surface area contributed by atoms with Crippen molar-refractivity contribution < 1.29 is 24.2 Å². The molecular weight excluding hydrogens is 386 g/mol. The Kier molecular flexibility index (Phi) is 7.03. The minimum Gasteiger partial charge on any atom is -0.483 e. The van der Waals surface area contributed by atoms with Crippen molar-refractivity contribution in [3.63, 3.8) is 0 Å². The lowest BCUT2D eigenvalue weighted by Gasteiger charge is -2.14. The summed E-state index contributed by atoms with van der Waals surface area (Å²) in [7, 11) is 2.04. The lowest BCUT2D eigenvalue weighted by molar-refractivity contribution is -0.122. The van der Waals surface area contributed by atoms with Crippen LogP contribution in [0.5, 0.6) is 0 Å². The van der Waals surface area contributed by atoms with Crippen LogP contribution in [0, 0.1) is 5.92 Å². The van der Waals surface area contributed by atoms with Gasteiger partial charge in [0.1, 0.15) is 17.3 Å². The number of hydrogen-bond acceptors (Lipinski definition) is 5. The molecule has 0 amide bonds. The largest absolute Gasteiger partial charge is 0.483 e. The van der Waals surface area contributed by atoms with Gasteiger partial charge in [-0.15, -0.1) is 0 Å². The van der Waals surface area contributed by atoms with Crippen LogP contribution in [0.15, 0.2) is 53.2 Å². The summed E-state index contributed by atoms with van der Waals surface area (Å²) < 4.78 is 8.05. The molecule has 1 saturated heterocycles. The van der Waals surface area contributed by atoms with E-state index in [1.165, 1.54) is 0 Å². The second-order valence-electron chi connectivity index (χ2n) is 7.27. The summed E-state index contributed by atoms with van der Waals surface area (Å²) in [6.45, 7) is 2.55. The van der Waals surface area contributed by atoms with Crippen molar-refractivity contribution in [2.75, 3.05) is 13.1 Å². The van der Waals surface area contributed by atoms with Crippen LogP contribution in [0.25, 0.3) is 11.3 Å². The maximum absolute atomic E-state index is 11.4. The number of furan rings is 1. The number of rotatable bonds is 6. The van der Waals surface area contributed by atoms with Gasteiger partial charge in [-0.25, -0.2) is 9.78 Å². The molecule has 1 atom stereocenters. The van der Waals surface area contributed by atoms with Crippen LogP contribution in [0.3, 0.4) is 0 Å². The number of aromatic carboxylic acids is 1. The normalized spacial score (nSPS) is 16.1. The summed E-state index contributed by atoms with van der Waals surface area (Å²) in [5, 5.41) is 16.2. The second-order valence-corrected chi connectivity index (χ2v) is 7.27. The van der Waals surface area contributed by atoms with Crippen LogP contribution in [0.4, 0.5) is 0 Å². The predicted molar refractivity (Wildman–Crippen MR) is 110 cm³/mol. The number of nitrogens with zero attached hydrogens (tertiary/aromatic N) is 3. The summed E-state index contributed by atoms with van der Waals surface area (Å²) in [6, 6.07) is 10.7.